The fourth-order valence-corrected chi connectivity index (χ4v) is 4.11. The van der Waals surface area contributed by atoms with Gasteiger partial charge in [-0.2, -0.15) is 11.8 Å². The fraction of sp³-hybridized carbons (Fsp3) is 0.538. The van der Waals surface area contributed by atoms with Crippen molar-refractivity contribution in [2.45, 2.75) is 63.3 Å². The van der Waals surface area contributed by atoms with Crippen molar-refractivity contribution in [2.24, 2.45) is 11.7 Å². The molecule has 15 nitrogen and oxygen atoms in total. The Morgan fingerprint density at radius 2 is 1.36 bits per heavy atom. The van der Waals surface area contributed by atoms with Gasteiger partial charge >= 0.3 is 11.9 Å². The van der Waals surface area contributed by atoms with Gasteiger partial charge in [0.2, 0.25) is 23.6 Å². The largest absolute Gasteiger partial charge is 0.508 e. The second-order valence-corrected chi connectivity index (χ2v) is 10.8. The van der Waals surface area contributed by atoms with E-state index in [9.17, 15) is 49.2 Å². The van der Waals surface area contributed by atoms with Gasteiger partial charge in [-0.15, -0.1) is 0 Å². The minimum absolute atomic E-state index is 0.0487. The molecule has 0 saturated heterocycles. The number of carboxylic acid groups (broad SMARTS) is 2. The molecule has 0 heterocycles. The van der Waals surface area contributed by atoms with Crippen molar-refractivity contribution in [1.29, 1.82) is 0 Å². The molecule has 16 heteroatoms. The van der Waals surface area contributed by atoms with E-state index in [2.05, 4.69) is 21.3 Å². The molecular formula is C26H39N5O10S. The zero-order chi connectivity index (χ0) is 32.0. The zero-order valence-corrected chi connectivity index (χ0v) is 24.3. The van der Waals surface area contributed by atoms with Crippen LogP contribution in [0.15, 0.2) is 24.3 Å². The van der Waals surface area contributed by atoms with E-state index < -0.39 is 84.7 Å². The van der Waals surface area contributed by atoms with Crippen molar-refractivity contribution < 1.29 is 49.2 Å². The number of nitrogens with two attached hydrogens (primary N) is 1. The lowest BCUT2D eigenvalue weighted by atomic mass is 10.0. The molecule has 1 rings (SSSR count). The summed E-state index contributed by atoms with van der Waals surface area (Å²) >= 11 is 1.36. The summed E-state index contributed by atoms with van der Waals surface area (Å²) < 4.78 is 0. The molecule has 10 N–H and O–H groups in total. The summed E-state index contributed by atoms with van der Waals surface area (Å²) in [6.45, 7) is 2.46. The molecule has 0 aliphatic rings. The van der Waals surface area contributed by atoms with Gasteiger partial charge in [0.15, 0.2) is 0 Å². The molecule has 0 unspecified atom stereocenters. The number of aliphatic hydroxyl groups is 1. The zero-order valence-electron chi connectivity index (χ0n) is 23.5. The second kappa shape index (κ2) is 17.8. The first-order valence-electron chi connectivity index (χ1n) is 13.0. The normalized spacial score (nSPS) is 14.5. The highest BCUT2D eigenvalue weighted by Crippen LogP contribution is 2.12. The maximum Gasteiger partial charge on any atom is 0.326 e. The molecule has 0 fully saturated rings. The Kier molecular flexibility index (Phi) is 15.3. The van der Waals surface area contributed by atoms with E-state index in [4.69, 9.17) is 5.73 Å². The first kappa shape index (κ1) is 36.1. The quantitative estimate of drug-likeness (QED) is 0.0885. The molecular weight excluding hydrogens is 574 g/mol. The molecule has 0 aromatic heterocycles. The Morgan fingerprint density at radius 3 is 1.86 bits per heavy atom. The molecule has 1 aromatic rings. The number of aromatic hydroxyl groups is 1. The summed E-state index contributed by atoms with van der Waals surface area (Å²) in [4.78, 5) is 74.8. The van der Waals surface area contributed by atoms with Crippen molar-refractivity contribution in [3.8, 4) is 5.75 Å². The van der Waals surface area contributed by atoms with Gasteiger partial charge in [-0.05, 0) is 42.0 Å². The molecule has 0 spiro atoms. The molecule has 5 atom stereocenters. The molecule has 0 saturated carbocycles. The fourth-order valence-electron chi connectivity index (χ4n) is 3.64. The van der Waals surface area contributed by atoms with Crippen LogP contribution in [0.3, 0.4) is 0 Å². The van der Waals surface area contributed by atoms with Gasteiger partial charge < -0.3 is 47.4 Å². The molecule has 42 heavy (non-hydrogen) atoms. The van der Waals surface area contributed by atoms with E-state index in [1.807, 2.05) is 0 Å². The van der Waals surface area contributed by atoms with Crippen LogP contribution in [0, 0.1) is 5.92 Å². The van der Waals surface area contributed by atoms with Crippen LogP contribution in [0.1, 0.15) is 32.3 Å². The number of phenols is 1. The number of amides is 4. The second-order valence-electron chi connectivity index (χ2n) is 9.79. The Balaban J connectivity index is 3.21. The number of benzene rings is 1. The number of thioether (sulfide) groups is 1. The topological polar surface area (TPSA) is 257 Å². The average molecular weight is 614 g/mol. The third-order valence-electron chi connectivity index (χ3n) is 6.03. The van der Waals surface area contributed by atoms with Crippen molar-refractivity contribution in [2.75, 3.05) is 18.6 Å². The van der Waals surface area contributed by atoms with Crippen LogP contribution in [0.2, 0.25) is 0 Å². The molecule has 0 bridgehead atoms. The number of carboxylic acids is 2. The number of hydrogen-bond donors (Lipinski definition) is 9. The lowest BCUT2D eigenvalue weighted by molar-refractivity contribution is -0.144. The molecule has 0 aliphatic carbocycles. The smallest absolute Gasteiger partial charge is 0.326 e. The van der Waals surface area contributed by atoms with Gasteiger partial charge in [0.25, 0.3) is 0 Å². The first-order valence-corrected chi connectivity index (χ1v) is 14.4. The number of hydrogen-bond acceptors (Lipinski definition) is 10. The predicted octanol–water partition coefficient (Wildman–Crippen LogP) is -1.84. The Hall–Kier alpha value is -3.89. The Bertz CT molecular complexity index is 1100. The lowest BCUT2D eigenvalue weighted by Crippen LogP contribution is -2.59. The average Bonchev–Trinajstić information content (AvgIpc) is 2.92. The highest BCUT2D eigenvalue weighted by Gasteiger charge is 2.33. The number of phenolic OH excluding ortho intramolecular Hbond substituents is 1. The Morgan fingerprint density at radius 1 is 0.833 bits per heavy atom. The standard InChI is InChI=1S/C26H39N5O10S/c1-13(2)21(26(40)41)31-23(37)17(8-9-42-3)28-25(39)19(11-20(34)35)30-24(38)18(29-22(36)16(27)12-32)10-14-4-6-15(33)7-5-14/h4-7,13,16-19,21,32-33H,8-12,27H2,1-3H3,(H,28,39)(H,29,36)(H,30,38)(H,31,37)(H,34,35)(H,40,41)/t16-,17-,18-,19-,21-/m0/s1. The number of carbonyl (C=O) groups is 6. The number of aliphatic hydroxyl groups excluding tert-OH is 1. The highest BCUT2D eigenvalue weighted by molar-refractivity contribution is 7.98. The summed E-state index contributed by atoms with van der Waals surface area (Å²) in [5.41, 5.74) is 6.03. The monoisotopic (exact) mass is 613 g/mol. The third-order valence-corrected chi connectivity index (χ3v) is 6.67. The maximum atomic E-state index is 13.2. The number of aliphatic carboxylic acids is 2. The van der Waals surface area contributed by atoms with E-state index in [1.165, 1.54) is 36.0 Å². The summed E-state index contributed by atoms with van der Waals surface area (Å²) in [7, 11) is 0. The summed E-state index contributed by atoms with van der Waals surface area (Å²) in [5.74, 6) is -6.52. The Labute approximate surface area is 247 Å². The van der Waals surface area contributed by atoms with Crippen LogP contribution < -0.4 is 27.0 Å². The maximum absolute atomic E-state index is 13.2. The predicted molar refractivity (Wildman–Crippen MR) is 152 cm³/mol. The molecule has 4 amide bonds. The number of nitrogens with one attached hydrogen (secondary N) is 4. The lowest BCUT2D eigenvalue weighted by Gasteiger charge is -2.26. The van der Waals surface area contributed by atoms with Crippen molar-refractivity contribution >= 4 is 47.3 Å². The van der Waals surface area contributed by atoms with E-state index >= 15 is 0 Å². The summed E-state index contributed by atoms with van der Waals surface area (Å²) in [5, 5.41) is 47.0. The minimum Gasteiger partial charge on any atom is -0.508 e. The number of rotatable bonds is 18. The van der Waals surface area contributed by atoms with Gasteiger partial charge in [0, 0.05) is 6.42 Å². The minimum atomic E-state index is -1.69. The van der Waals surface area contributed by atoms with E-state index in [-0.39, 0.29) is 18.6 Å². The molecule has 234 valence electrons. The molecule has 1 aromatic carbocycles. The SMILES string of the molecule is CSCC[C@H](NC(=O)[C@H](CC(=O)O)NC(=O)[C@H](Cc1ccc(O)cc1)NC(=O)[C@@H](N)CO)C(=O)N[C@H](C(=O)O)C(C)C. The third kappa shape index (κ3) is 12.3. The van der Waals surface area contributed by atoms with Gasteiger partial charge in [0.05, 0.1) is 13.0 Å². The van der Waals surface area contributed by atoms with Crippen molar-refractivity contribution in [1.82, 2.24) is 21.3 Å². The van der Waals surface area contributed by atoms with Gasteiger partial charge in [0.1, 0.15) is 36.0 Å². The van der Waals surface area contributed by atoms with Crippen LogP contribution >= 0.6 is 11.8 Å². The van der Waals surface area contributed by atoms with Crippen molar-refractivity contribution in [3.63, 3.8) is 0 Å². The first-order chi connectivity index (χ1) is 19.7. The summed E-state index contributed by atoms with van der Waals surface area (Å²) in [6.07, 6.45) is 0.801. The van der Waals surface area contributed by atoms with Crippen LogP contribution in [-0.2, 0) is 35.2 Å². The van der Waals surface area contributed by atoms with Crippen LogP contribution in [-0.4, -0.2) is 105 Å². The highest BCUT2D eigenvalue weighted by atomic mass is 32.2. The van der Waals surface area contributed by atoms with Crippen molar-refractivity contribution in [3.05, 3.63) is 29.8 Å². The van der Waals surface area contributed by atoms with Gasteiger partial charge in [-0.3, -0.25) is 24.0 Å². The molecule has 0 radical (unpaired) electrons. The number of carbonyl (C=O) groups excluding carboxylic acids is 4. The summed E-state index contributed by atoms with van der Waals surface area (Å²) in [6, 6.07) is -1.26. The van der Waals surface area contributed by atoms with Gasteiger partial charge in [-0.25, -0.2) is 4.79 Å². The molecule has 0 aliphatic heterocycles. The van der Waals surface area contributed by atoms with Gasteiger partial charge in [-0.1, -0.05) is 26.0 Å². The van der Waals surface area contributed by atoms with E-state index in [0.29, 0.717) is 11.3 Å². The van der Waals surface area contributed by atoms with Crippen LogP contribution in [0.4, 0.5) is 0 Å². The van der Waals surface area contributed by atoms with E-state index in [0.717, 1.165) is 0 Å². The van der Waals surface area contributed by atoms with E-state index in [1.54, 1.807) is 20.1 Å². The van der Waals surface area contributed by atoms with Crippen LogP contribution in [0.25, 0.3) is 0 Å². The van der Waals surface area contributed by atoms with Crippen LogP contribution in [0.5, 0.6) is 5.75 Å².